The van der Waals surface area contributed by atoms with E-state index in [1.807, 2.05) is 37.3 Å². The molecule has 18 heavy (non-hydrogen) atoms. The highest BCUT2D eigenvalue weighted by molar-refractivity contribution is 7.99. The van der Waals surface area contributed by atoms with Crippen LogP contribution >= 0.6 is 19.6 Å². The normalized spacial score (nSPS) is 15.7. The van der Waals surface area contributed by atoms with Crippen LogP contribution in [0.2, 0.25) is 0 Å². The summed E-state index contributed by atoms with van der Waals surface area (Å²) in [4.78, 5) is 9.89. The molecule has 2 atom stereocenters. The molecule has 100 valence electrons. The standard InChI is InChI=1S/C12H19N2O2PS/c1-2-6-11(13)17(15,16)12(18)14-9-10-7-4-3-5-8-10/h3-5,7-8,11H,2,6,9,13H2,1H3,(H,14,18)(H,15,16). The van der Waals surface area contributed by atoms with Crippen molar-refractivity contribution < 1.29 is 9.46 Å². The highest BCUT2D eigenvalue weighted by atomic mass is 32.1. The summed E-state index contributed by atoms with van der Waals surface area (Å²) in [5.41, 5.74) is 6.69. The Balaban J connectivity index is 2.57. The number of benzene rings is 1. The van der Waals surface area contributed by atoms with Crippen molar-refractivity contribution in [3.63, 3.8) is 0 Å². The van der Waals surface area contributed by atoms with Crippen LogP contribution in [0, 0.1) is 0 Å². The molecule has 2 unspecified atom stereocenters. The zero-order valence-corrected chi connectivity index (χ0v) is 12.1. The van der Waals surface area contributed by atoms with Gasteiger partial charge in [-0.25, -0.2) is 0 Å². The summed E-state index contributed by atoms with van der Waals surface area (Å²) in [5, 5.41) is 2.82. The van der Waals surface area contributed by atoms with Crippen LogP contribution in [0.1, 0.15) is 25.3 Å². The average Bonchev–Trinajstić information content (AvgIpc) is 2.37. The molecule has 0 saturated heterocycles. The number of hydrogen-bond acceptors (Lipinski definition) is 3. The molecule has 0 radical (unpaired) electrons. The first-order valence-corrected chi connectivity index (χ1v) is 8.02. The molecular weight excluding hydrogens is 267 g/mol. The van der Waals surface area contributed by atoms with Gasteiger partial charge in [0.2, 0.25) is 0 Å². The van der Waals surface area contributed by atoms with Gasteiger partial charge in [-0.1, -0.05) is 55.9 Å². The van der Waals surface area contributed by atoms with Gasteiger partial charge in [-0.2, -0.15) is 0 Å². The Morgan fingerprint density at radius 2 is 2.11 bits per heavy atom. The number of nitrogens with two attached hydrogens (primary N) is 1. The predicted molar refractivity (Wildman–Crippen MR) is 78.6 cm³/mol. The van der Waals surface area contributed by atoms with Crippen LogP contribution in [-0.4, -0.2) is 15.4 Å². The zero-order valence-electron chi connectivity index (χ0n) is 10.4. The molecule has 0 aliphatic rings. The second-order valence-electron chi connectivity index (χ2n) is 4.12. The Bertz CT molecular complexity index is 439. The summed E-state index contributed by atoms with van der Waals surface area (Å²) in [6, 6.07) is 9.56. The van der Waals surface area contributed by atoms with Gasteiger partial charge >= 0.3 is 0 Å². The summed E-state index contributed by atoms with van der Waals surface area (Å²) in [6.45, 7) is 2.35. The van der Waals surface area contributed by atoms with Crippen LogP contribution in [-0.2, 0) is 11.1 Å². The van der Waals surface area contributed by atoms with E-state index in [1.54, 1.807) is 0 Å². The van der Waals surface area contributed by atoms with Crippen LogP contribution in [0.25, 0.3) is 0 Å². The Kier molecular flexibility index (Phi) is 5.96. The molecule has 1 aromatic rings. The van der Waals surface area contributed by atoms with E-state index < -0.39 is 13.2 Å². The van der Waals surface area contributed by atoms with E-state index in [-0.39, 0.29) is 4.73 Å². The topological polar surface area (TPSA) is 75.4 Å². The fourth-order valence-electron chi connectivity index (χ4n) is 1.51. The summed E-state index contributed by atoms with van der Waals surface area (Å²) in [6.07, 6.45) is 1.24. The third-order valence-corrected chi connectivity index (χ3v) is 5.44. The lowest BCUT2D eigenvalue weighted by Gasteiger charge is -2.20. The summed E-state index contributed by atoms with van der Waals surface area (Å²) in [7, 11) is -3.63. The van der Waals surface area contributed by atoms with Gasteiger partial charge in [0, 0.05) is 6.54 Å². The van der Waals surface area contributed by atoms with Gasteiger partial charge in [-0.3, -0.25) is 4.57 Å². The molecule has 0 saturated carbocycles. The molecule has 6 heteroatoms. The molecule has 0 spiro atoms. The van der Waals surface area contributed by atoms with Gasteiger partial charge in [0.15, 0.2) is 4.73 Å². The number of hydrogen-bond donors (Lipinski definition) is 3. The fourth-order valence-corrected chi connectivity index (χ4v) is 3.20. The van der Waals surface area contributed by atoms with Gasteiger partial charge in [0.1, 0.15) is 0 Å². The SMILES string of the molecule is CCCC(N)P(=O)(O)C(=S)NCc1ccccc1. The van der Waals surface area contributed by atoms with E-state index in [0.29, 0.717) is 13.0 Å². The maximum absolute atomic E-state index is 12.1. The first-order chi connectivity index (χ1) is 8.48. The fraction of sp³-hybridized carbons (Fsp3) is 0.417. The van der Waals surface area contributed by atoms with Crippen molar-refractivity contribution in [1.82, 2.24) is 5.32 Å². The van der Waals surface area contributed by atoms with Crippen molar-refractivity contribution in [2.75, 3.05) is 0 Å². The van der Waals surface area contributed by atoms with Crippen molar-refractivity contribution >= 4 is 24.3 Å². The van der Waals surface area contributed by atoms with Gasteiger partial charge in [-0.05, 0) is 12.0 Å². The highest BCUT2D eigenvalue weighted by Crippen LogP contribution is 2.46. The van der Waals surface area contributed by atoms with E-state index in [9.17, 15) is 9.46 Å². The monoisotopic (exact) mass is 286 g/mol. The molecule has 0 bridgehead atoms. The van der Waals surface area contributed by atoms with Gasteiger partial charge in [0.25, 0.3) is 7.37 Å². The number of rotatable bonds is 6. The smallest absolute Gasteiger partial charge is 0.272 e. The molecule has 1 rings (SSSR count). The second-order valence-corrected chi connectivity index (χ2v) is 7.19. The van der Waals surface area contributed by atoms with E-state index in [4.69, 9.17) is 18.0 Å². The Morgan fingerprint density at radius 1 is 1.50 bits per heavy atom. The number of thiocarbonyl (C=S) groups is 1. The molecule has 4 nitrogen and oxygen atoms in total. The molecule has 4 N–H and O–H groups in total. The van der Waals surface area contributed by atoms with Crippen molar-refractivity contribution in [3.8, 4) is 0 Å². The Labute approximate surface area is 113 Å². The van der Waals surface area contributed by atoms with E-state index in [2.05, 4.69) is 5.32 Å². The second kappa shape index (κ2) is 7.00. The third-order valence-electron chi connectivity index (χ3n) is 2.61. The van der Waals surface area contributed by atoms with Crippen LogP contribution in [0.15, 0.2) is 30.3 Å². The predicted octanol–water partition coefficient (Wildman–Crippen LogP) is 2.42. The van der Waals surface area contributed by atoms with Crippen molar-refractivity contribution in [2.45, 2.75) is 32.1 Å². The summed E-state index contributed by atoms with van der Waals surface area (Å²) in [5.74, 6) is -0.779. The van der Waals surface area contributed by atoms with E-state index in [1.165, 1.54) is 0 Å². The maximum Gasteiger partial charge on any atom is 0.272 e. The molecular formula is C12H19N2O2PS. The van der Waals surface area contributed by atoms with Crippen molar-refractivity contribution in [3.05, 3.63) is 35.9 Å². The van der Waals surface area contributed by atoms with Crippen LogP contribution in [0.5, 0.6) is 0 Å². The largest absolute Gasteiger partial charge is 0.367 e. The quantitative estimate of drug-likeness (QED) is 0.553. The highest BCUT2D eigenvalue weighted by Gasteiger charge is 2.31. The lowest BCUT2D eigenvalue weighted by molar-refractivity contribution is 0.472. The summed E-state index contributed by atoms with van der Waals surface area (Å²) < 4.78 is 12.0. The summed E-state index contributed by atoms with van der Waals surface area (Å²) >= 11 is 4.98. The molecule has 0 amide bonds. The van der Waals surface area contributed by atoms with Crippen LogP contribution in [0.3, 0.4) is 0 Å². The van der Waals surface area contributed by atoms with Crippen LogP contribution in [0.4, 0.5) is 0 Å². The van der Waals surface area contributed by atoms with Gasteiger partial charge in [-0.15, -0.1) is 0 Å². The van der Waals surface area contributed by atoms with E-state index >= 15 is 0 Å². The maximum atomic E-state index is 12.1. The third kappa shape index (κ3) is 4.18. The van der Waals surface area contributed by atoms with E-state index in [0.717, 1.165) is 12.0 Å². The van der Waals surface area contributed by atoms with Gasteiger partial charge in [0.05, 0.1) is 5.78 Å². The van der Waals surface area contributed by atoms with Crippen molar-refractivity contribution in [2.24, 2.45) is 5.73 Å². The first-order valence-electron chi connectivity index (χ1n) is 5.88. The van der Waals surface area contributed by atoms with Crippen LogP contribution < -0.4 is 11.1 Å². The Hall–Kier alpha value is -0.740. The molecule has 0 heterocycles. The van der Waals surface area contributed by atoms with Gasteiger partial charge < -0.3 is 15.9 Å². The minimum atomic E-state index is -3.63. The molecule has 0 aromatic heterocycles. The average molecular weight is 286 g/mol. The molecule has 0 aliphatic heterocycles. The lowest BCUT2D eigenvalue weighted by atomic mass is 10.2. The molecule has 1 aromatic carbocycles. The van der Waals surface area contributed by atoms with Crippen molar-refractivity contribution in [1.29, 1.82) is 0 Å². The minimum Gasteiger partial charge on any atom is -0.367 e. The Morgan fingerprint density at radius 3 is 2.67 bits per heavy atom. The number of nitrogens with one attached hydrogen (secondary N) is 1. The zero-order chi connectivity index (χ0) is 13.6. The molecule has 0 fully saturated rings. The molecule has 0 aliphatic carbocycles. The first kappa shape index (κ1) is 15.3. The lowest BCUT2D eigenvalue weighted by Crippen LogP contribution is -2.30. The minimum absolute atomic E-state index is 0.0349.